The Morgan fingerprint density at radius 1 is 1.13 bits per heavy atom. The molecular formula is C21H22N4O4S. The number of rotatable bonds is 7. The van der Waals surface area contributed by atoms with Gasteiger partial charge in [0.15, 0.2) is 6.61 Å². The maximum atomic E-state index is 12.9. The summed E-state index contributed by atoms with van der Waals surface area (Å²) in [4.78, 5) is 15.6. The Morgan fingerprint density at radius 2 is 1.90 bits per heavy atom. The number of aryl methyl sites for hydroxylation is 2. The van der Waals surface area contributed by atoms with Crippen LogP contribution < -0.4 is 15.2 Å². The highest BCUT2D eigenvalue weighted by atomic mass is 32.2. The lowest BCUT2D eigenvalue weighted by atomic mass is 10.1. The molecule has 0 radical (unpaired) electrons. The monoisotopic (exact) mass is 426 g/mol. The number of para-hydroxylation sites is 1. The number of nitrogens with zero attached hydrogens (tertiary/aromatic N) is 2. The number of carbonyl (C=O) groups excluding carboxylic acids is 1. The Morgan fingerprint density at radius 3 is 2.63 bits per heavy atom. The number of hydrogen-bond acceptors (Lipinski definition) is 5. The molecule has 1 aliphatic rings. The summed E-state index contributed by atoms with van der Waals surface area (Å²) >= 11 is 0. The van der Waals surface area contributed by atoms with Crippen LogP contribution in [0.25, 0.3) is 11.3 Å². The van der Waals surface area contributed by atoms with Gasteiger partial charge in [-0.15, -0.1) is 0 Å². The van der Waals surface area contributed by atoms with E-state index in [4.69, 9.17) is 15.5 Å². The minimum atomic E-state index is -3.83. The summed E-state index contributed by atoms with van der Waals surface area (Å²) in [5.41, 5.74) is 6.98. The van der Waals surface area contributed by atoms with Crippen LogP contribution in [-0.4, -0.2) is 30.5 Å². The number of anilines is 1. The minimum Gasteiger partial charge on any atom is -0.484 e. The number of nitrogens with one attached hydrogen (secondary N) is 1. The van der Waals surface area contributed by atoms with Gasteiger partial charge in [0, 0.05) is 24.7 Å². The number of benzene rings is 2. The van der Waals surface area contributed by atoms with Crippen molar-refractivity contribution in [2.45, 2.75) is 30.7 Å². The molecule has 0 aliphatic carbocycles. The SMILES string of the molecule is NC(=O)COc1ccc(S(=O)(=O)Nc2ccccc2-c2cn3c(n2)CCCC3)cc1. The molecule has 30 heavy (non-hydrogen) atoms. The van der Waals surface area contributed by atoms with E-state index in [1.165, 1.54) is 24.3 Å². The molecule has 2 aromatic carbocycles. The molecule has 0 fully saturated rings. The van der Waals surface area contributed by atoms with Gasteiger partial charge in [0.1, 0.15) is 11.6 Å². The fraction of sp³-hybridized carbons (Fsp3) is 0.238. The Kier molecular flexibility index (Phi) is 5.45. The van der Waals surface area contributed by atoms with E-state index < -0.39 is 15.9 Å². The van der Waals surface area contributed by atoms with Crippen LogP contribution >= 0.6 is 0 Å². The molecule has 156 valence electrons. The van der Waals surface area contributed by atoms with Crippen LogP contribution in [0.4, 0.5) is 5.69 Å². The van der Waals surface area contributed by atoms with Gasteiger partial charge in [-0.05, 0) is 43.2 Å². The van der Waals surface area contributed by atoms with E-state index in [1.54, 1.807) is 12.1 Å². The van der Waals surface area contributed by atoms with Gasteiger partial charge in [0.25, 0.3) is 15.9 Å². The van der Waals surface area contributed by atoms with Gasteiger partial charge in [-0.1, -0.05) is 18.2 Å². The summed E-state index contributed by atoms with van der Waals surface area (Å²) < 4.78 is 35.8. The van der Waals surface area contributed by atoms with Crippen molar-refractivity contribution in [2.24, 2.45) is 5.73 Å². The highest BCUT2D eigenvalue weighted by Gasteiger charge is 2.19. The molecule has 0 unspecified atom stereocenters. The van der Waals surface area contributed by atoms with E-state index in [1.807, 2.05) is 18.3 Å². The lowest BCUT2D eigenvalue weighted by Crippen LogP contribution is -2.20. The van der Waals surface area contributed by atoms with Gasteiger partial charge < -0.3 is 15.0 Å². The second-order valence-electron chi connectivity index (χ2n) is 7.07. The minimum absolute atomic E-state index is 0.0767. The quantitative estimate of drug-likeness (QED) is 0.602. The Bertz CT molecular complexity index is 1150. The molecule has 0 atom stereocenters. The van der Waals surface area contributed by atoms with Crippen LogP contribution in [0, 0.1) is 0 Å². The second kappa shape index (κ2) is 8.19. The van der Waals surface area contributed by atoms with Gasteiger partial charge in [-0.25, -0.2) is 13.4 Å². The van der Waals surface area contributed by atoms with Crippen LogP contribution in [0.5, 0.6) is 5.75 Å². The van der Waals surface area contributed by atoms with Crippen LogP contribution in [0.3, 0.4) is 0 Å². The van der Waals surface area contributed by atoms with Gasteiger partial charge >= 0.3 is 0 Å². The number of hydrogen-bond donors (Lipinski definition) is 2. The molecule has 1 aromatic heterocycles. The number of primary amides is 1. The largest absolute Gasteiger partial charge is 0.484 e. The number of sulfonamides is 1. The second-order valence-corrected chi connectivity index (χ2v) is 8.75. The van der Waals surface area contributed by atoms with Gasteiger partial charge in [-0.3, -0.25) is 9.52 Å². The summed E-state index contributed by atoms with van der Waals surface area (Å²) in [6, 6.07) is 13.0. The first-order valence-electron chi connectivity index (χ1n) is 9.62. The lowest BCUT2D eigenvalue weighted by molar-refractivity contribution is -0.119. The van der Waals surface area contributed by atoms with Crippen molar-refractivity contribution >= 4 is 21.6 Å². The van der Waals surface area contributed by atoms with E-state index in [9.17, 15) is 13.2 Å². The van der Waals surface area contributed by atoms with E-state index >= 15 is 0 Å². The van der Waals surface area contributed by atoms with Crippen LogP contribution in [-0.2, 0) is 27.8 Å². The van der Waals surface area contributed by atoms with Crippen molar-refractivity contribution in [3.63, 3.8) is 0 Å². The van der Waals surface area contributed by atoms with Crippen molar-refractivity contribution in [3.05, 3.63) is 60.6 Å². The number of aromatic nitrogens is 2. The Hall–Kier alpha value is -3.33. The maximum Gasteiger partial charge on any atom is 0.261 e. The van der Waals surface area contributed by atoms with Crippen molar-refractivity contribution in [1.29, 1.82) is 0 Å². The van der Waals surface area contributed by atoms with E-state index in [0.717, 1.165) is 42.9 Å². The smallest absolute Gasteiger partial charge is 0.261 e. The molecule has 8 nitrogen and oxygen atoms in total. The number of imidazole rings is 1. The fourth-order valence-electron chi connectivity index (χ4n) is 3.41. The summed E-state index contributed by atoms with van der Waals surface area (Å²) in [5.74, 6) is 0.781. The molecule has 1 amide bonds. The van der Waals surface area contributed by atoms with Gasteiger partial charge in [-0.2, -0.15) is 0 Å². The predicted octanol–water partition coefficient (Wildman–Crippen LogP) is 2.55. The van der Waals surface area contributed by atoms with Crippen LogP contribution in [0.2, 0.25) is 0 Å². The van der Waals surface area contributed by atoms with Crippen LogP contribution in [0.15, 0.2) is 59.6 Å². The number of carbonyl (C=O) groups is 1. The molecule has 3 N–H and O–H groups in total. The van der Waals surface area contributed by atoms with Crippen LogP contribution in [0.1, 0.15) is 18.7 Å². The first-order valence-corrected chi connectivity index (χ1v) is 11.1. The number of ether oxygens (including phenoxy) is 1. The Balaban J connectivity index is 1.58. The molecule has 2 heterocycles. The molecule has 3 aromatic rings. The molecule has 0 saturated heterocycles. The molecule has 9 heteroatoms. The van der Waals surface area contributed by atoms with Gasteiger partial charge in [0.2, 0.25) is 0 Å². The average Bonchev–Trinajstić information content (AvgIpc) is 3.17. The topological polar surface area (TPSA) is 116 Å². The Labute approximate surface area is 174 Å². The summed E-state index contributed by atoms with van der Waals surface area (Å²) in [6.07, 6.45) is 5.14. The standard InChI is InChI=1S/C21H22N4O4S/c22-20(26)14-29-15-8-10-16(11-9-15)30(27,28)24-18-6-2-1-5-17(18)19-13-25-12-4-3-7-21(25)23-19/h1-2,5-6,8-11,13,24H,3-4,7,12,14H2,(H2,22,26). The zero-order valence-electron chi connectivity index (χ0n) is 16.2. The average molecular weight is 426 g/mol. The highest BCUT2D eigenvalue weighted by Crippen LogP contribution is 2.30. The third-order valence-electron chi connectivity index (χ3n) is 4.87. The van der Waals surface area contributed by atoms with E-state index in [-0.39, 0.29) is 11.5 Å². The van der Waals surface area contributed by atoms with Crippen molar-refractivity contribution in [1.82, 2.24) is 9.55 Å². The third-order valence-corrected chi connectivity index (χ3v) is 6.25. The zero-order valence-corrected chi connectivity index (χ0v) is 17.1. The van der Waals surface area contributed by atoms with Gasteiger partial charge in [0.05, 0.1) is 16.3 Å². The maximum absolute atomic E-state index is 12.9. The first kappa shape index (κ1) is 20.0. The predicted molar refractivity (Wildman–Crippen MR) is 113 cm³/mol. The first-order chi connectivity index (χ1) is 14.4. The molecular weight excluding hydrogens is 404 g/mol. The highest BCUT2D eigenvalue weighted by molar-refractivity contribution is 7.92. The van der Waals surface area contributed by atoms with E-state index in [0.29, 0.717) is 11.4 Å². The van der Waals surface area contributed by atoms with Crippen molar-refractivity contribution < 1.29 is 17.9 Å². The van der Waals surface area contributed by atoms with E-state index in [2.05, 4.69) is 9.29 Å². The summed E-state index contributed by atoms with van der Waals surface area (Å²) in [5, 5.41) is 0. The number of fused-ring (bicyclic) bond motifs is 1. The molecule has 0 bridgehead atoms. The molecule has 0 saturated carbocycles. The normalized spacial score (nSPS) is 13.5. The third kappa shape index (κ3) is 4.30. The molecule has 4 rings (SSSR count). The summed E-state index contributed by atoms with van der Waals surface area (Å²) in [7, 11) is -3.83. The number of nitrogens with two attached hydrogens (primary N) is 1. The number of amides is 1. The molecule has 0 spiro atoms. The molecule has 1 aliphatic heterocycles. The van der Waals surface area contributed by atoms with Crippen molar-refractivity contribution in [3.8, 4) is 17.0 Å². The fourth-order valence-corrected chi connectivity index (χ4v) is 4.49. The summed E-state index contributed by atoms with van der Waals surface area (Å²) in [6.45, 7) is 0.659. The zero-order chi connectivity index (χ0) is 21.1. The van der Waals surface area contributed by atoms with Crippen molar-refractivity contribution in [2.75, 3.05) is 11.3 Å². The lowest BCUT2D eigenvalue weighted by Gasteiger charge is -2.12.